The second-order valence-corrected chi connectivity index (χ2v) is 7.31. The van der Waals surface area contributed by atoms with E-state index < -0.39 is 12.1 Å². The number of esters is 1. The smallest absolute Gasteiger partial charge is 0.317 e. The number of aromatic nitrogens is 3. The van der Waals surface area contributed by atoms with Gasteiger partial charge in [-0.3, -0.25) is 14.2 Å². The molecule has 0 radical (unpaired) electrons. The van der Waals surface area contributed by atoms with Gasteiger partial charge in [0, 0.05) is 12.1 Å². The van der Waals surface area contributed by atoms with Crippen LogP contribution in [-0.4, -0.2) is 38.4 Å². The Bertz CT molecular complexity index is 964. The van der Waals surface area contributed by atoms with Crippen LogP contribution in [-0.2, 0) is 22.5 Å². The second-order valence-electron chi connectivity index (χ2n) is 6.36. The zero-order valence-electron chi connectivity index (χ0n) is 16.6. The first-order valence-corrected chi connectivity index (χ1v) is 10.4. The normalized spacial score (nSPS) is 12.0. The van der Waals surface area contributed by atoms with E-state index in [-0.39, 0.29) is 11.5 Å². The van der Waals surface area contributed by atoms with Gasteiger partial charge >= 0.3 is 5.97 Å². The number of ether oxygens (including phenoxy) is 1. The SMILES string of the molecule is CCc1ccc(C(=O)[C@H](C)OC(=O)CSc2nnc(-c3ccco3)n2CC)cc1. The highest BCUT2D eigenvalue weighted by molar-refractivity contribution is 7.99. The molecule has 0 N–H and O–H groups in total. The summed E-state index contributed by atoms with van der Waals surface area (Å²) < 4.78 is 12.5. The van der Waals surface area contributed by atoms with E-state index in [1.807, 2.05) is 23.6 Å². The van der Waals surface area contributed by atoms with Crippen molar-refractivity contribution in [2.75, 3.05) is 5.75 Å². The summed E-state index contributed by atoms with van der Waals surface area (Å²) in [5.41, 5.74) is 1.68. The molecule has 7 nitrogen and oxygen atoms in total. The van der Waals surface area contributed by atoms with E-state index in [0.717, 1.165) is 12.0 Å². The minimum Gasteiger partial charge on any atom is -0.461 e. The van der Waals surface area contributed by atoms with Crippen LogP contribution in [0.1, 0.15) is 36.7 Å². The zero-order chi connectivity index (χ0) is 20.8. The summed E-state index contributed by atoms with van der Waals surface area (Å²) in [7, 11) is 0. The van der Waals surface area contributed by atoms with E-state index in [1.165, 1.54) is 11.8 Å². The fourth-order valence-corrected chi connectivity index (χ4v) is 3.60. The van der Waals surface area contributed by atoms with Gasteiger partial charge in [0.05, 0.1) is 12.0 Å². The molecule has 0 aliphatic rings. The molecule has 2 aromatic heterocycles. The lowest BCUT2D eigenvalue weighted by molar-refractivity contribution is -0.143. The minimum atomic E-state index is -0.849. The Morgan fingerprint density at radius 2 is 1.93 bits per heavy atom. The van der Waals surface area contributed by atoms with E-state index in [1.54, 1.807) is 37.5 Å². The van der Waals surface area contributed by atoms with Gasteiger partial charge in [0.15, 0.2) is 22.8 Å². The van der Waals surface area contributed by atoms with E-state index in [9.17, 15) is 9.59 Å². The summed E-state index contributed by atoms with van der Waals surface area (Å²) in [5, 5.41) is 8.86. The van der Waals surface area contributed by atoms with E-state index >= 15 is 0 Å². The molecule has 0 fully saturated rings. The number of Topliss-reactive ketones (excluding diaryl/α,β-unsaturated/α-hetero) is 1. The maximum Gasteiger partial charge on any atom is 0.317 e. The fourth-order valence-electron chi connectivity index (χ4n) is 2.82. The Morgan fingerprint density at radius 3 is 2.55 bits per heavy atom. The maximum absolute atomic E-state index is 12.5. The third kappa shape index (κ3) is 4.95. The van der Waals surface area contributed by atoms with Crippen molar-refractivity contribution in [3.8, 4) is 11.6 Å². The topological polar surface area (TPSA) is 87.2 Å². The van der Waals surface area contributed by atoms with Gasteiger partial charge in [0.25, 0.3) is 0 Å². The molecule has 0 amide bonds. The Morgan fingerprint density at radius 1 is 1.17 bits per heavy atom. The monoisotopic (exact) mass is 413 g/mol. The van der Waals surface area contributed by atoms with Gasteiger partial charge in [-0.15, -0.1) is 10.2 Å². The molecule has 0 saturated carbocycles. The maximum atomic E-state index is 12.5. The van der Waals surface area contributed by atoms with Crippen molar-refractivity contribution in [2.24, 2.45) is 0 Å². The summed E-state index contributed by atoms with van der Waals surface area (Å²) in [6, 6.07) is 10.9. The van der Waals surface area contributed by atoms with Crippen LogP contribution in [0.4, 0.5) is 0 Å². The Hall–Kier alpha value is -2.87. The molecule has 0 bridgehead atoms. The standard InChI is InChI=1S/C21H23N3O4S/c1-4-15-8-10-16(11-9-15)19(26)14(3)28-18(25)13-29-21-23-22-20(24(21)5-2)17-7-6-12-27-17/h6-12,14H,4-5,13H2,1-3H3/t14-/m0/s1. The van der Waals surface area contributed by atoms with Crippen LogP contribution in [0.3, 0.4) is 0 Å². The molecular formula is C21H23N3O4S. The lowest BCUT2D eigenvalue weighted by Gasteiger charge is -2.12. The molecule has 0 aliphatic carbocycles. The van der Waals surface area contributed by atoms with Crippen molar-refractivity contribution >= 4 is 23.5 Å². The van der Waals surface area contributed by atoms with Crippen LogP contribution >= 0.6 is 11.8 Å². The summed E-state index contributed by atoms with van der Waals surface area (Å²) in [6.07, 6.45) is 1.63. The lowest BCUT2D eigenvalue weighted by atomic mass is 10.0. The summed E-state index contributed by atoms with van der Waals surface area (Å²) in [5.74, 6) is 0.548. The molecule has 1 aromatic carbocycles. The number of benzene rings is 1. The van der Waals surface area contributed by atoms with Crippen LogP contribution in [0.5, 0.6) is 0 Å². The van der Waals surface area contributed by atoms with Crippen LogP contribution in [0.15, 0.2) is 52.2 Å². The van der Waals surface area contributed by atoms with Gasteiger partial charge in [-0.2, -0.15) is 0 Å². The fraction of sp³-hybridized carbons (Fsp3) is 0.333. The molecule has 3 aromatic rings. The van der Waals surface area contributed by atoms with Crippen molar-refractivity contribution in [3.05, 3.63) is 53.8 Å². The first kappa shape index (κ1) is 20.9. The highest BCUT2D eigenvalue weighted by Crippen LogP contribution is 2.24. The molecule has 0 aliphatic heterocycles. The molecule has 0 unspecified atom stereocenters. The largest absolute Gasteiger partial charge is 0.461 e. The molecule has 29 heavy (non-hydrogen) atoms. The molecular weight excluding hydrogens is 390 g/mol. The highest BCUT2D eigenvalue weighted by atomic mass is 32.2. The average molecular weight is 413 g/mol. The molecule has 0 saturated heterocycles. The molecule has 0 spiro atoms. The van der Waals surface area contributed by atoms with E-state index in [0.29, 0.717) is 28.8 Å². The number of furan rings is 1. The predicted octanol–water partition coefficient (Wildman–Crippen LogP) is 4.03. The summed E-state index contributed by atoms with van der Waals surface area (Å²) in [6.45, 7) is 6.23. The Balaban J connectivity index is 1.57. The number of thioether (sulfide) groups is 1. The van der Waals surface area contributed by atoms with Gasteiger partial charge in [-0.1, -0.05) is 43.0 Å². The number of hydrogen-bond acceptors (Lipinski definition) is 7. The molecule has 152 valence electrons. The van der Waals surface area contributed by atoms with Gasteiger partial charge < -0.3 is 9.15 Å². The van der Waals surface area contributed by atoms with E-state index in [2.05, 4.69) is 17.1 Å². The third-order valence-electron chi connectivity index (χ3n) is 4.42. The van der Waals surface area contributed by atoms with Crippen molar-refractivity contribution in [1.82, 2.24) is 14.8 Å². The average Bonchev–Trinajstić information content (AvgIpc) is 3.40. The highest BCUT2D eigenvalue weighted by Gasteiger charge is 2.21. The van der Waals surface area contributed by atoms with Gasteiger partial charge in [-0.25, -0.2) is 0 Å². The minimum absolute atomic E-state index is 0.0304. The van der Waals surface area contributed by atoms with Crippen LogP contribution in [0.25, 0.3) is 11.6 Å². The second kappa shape index (κ2) is 9.56. The first-order valence-electron chi connectivity index (χ1n) is 9.46. The van der Waals surface area contributed by atoms with Crippen molar-refractivity contribution in [1.29, 1.82) is 0 Å². The number of ketones is 1. The molecule has 2 heterocycles. The Labute approximate surface area is 173 Å². The number of aryl methyl sites for hydroxylation is 1. The zero-order valence-corrected chi connectivity index (χ0v) is 17.4. The first-order chi connectivity index (χ1) is 14.0. The van der Waals surface area contributed by atoms with Gasteiger partial charge in [-0.05, 0) is 38.0 Å². The molecule has 8 heteroatoms. The van der Waals surface area contributed by atoms with Crippen molar-refractivity contribution < 1.29 is 18.7 Å². The number of rotatable bonds is 9. The summed E-state index contributed by atoms with van der Waals surface area (Å²) in [4.78, 5) is 24.7. The quantitative estimate of drug-likeness (QED) is 0.297. The number of carbonyl (C=O) groups excluding carboxylic acids is 2. The lowest BCUT2D eigenvalue weighted by Crippen LogP contribution is -2.25. The predicted molar refractivity (Wildman–Crippen MR) is 110 cm³/mol. The summed E-state index contributed by atoms with van der Waals surface area (Å²) >= 11 is 1.21. The van der Waals surface area contributed by atoms with Crippen LogP contribution < -0.4 is 0 Å². The van der Waals surface area contributed by atoms with Gasteiger partial charge in [0.1, 0.15) is 0 Å². The van der Waals surface area contributed by atoms with Crippen molar-refractivity contribution in [3.63, 3.8) is 0 Å². The number of nitrogens with zero attached hydrogens (tertiary/aromatic N) is 3. The van der Waals surface area contributed by atoms with E-state index in [4.69, 9.17) is 9.15 Å². The van der Waals surface area contributed by atoms with Crippen LogP contribution in [0.2, 0.25) is 0 Å². The van der Waals surface area contributed by atoms with Crippen molar-refractivity contribution in [2.45, 2.75) is 45.0 Å². The number of hydrogen-bond donors (Lipinski definition) is 0. The van der Waals surface area contributed by atoms with Gasteiger partial charge in [0.2, 0.25) is 5.78 Å². The molecule has 1 atom stereocenters. The third-order valence-corrected chi connectivity index (χ3v) is 5.36. The molecule has 3 rings (SSSR count). The van der Waals surface area contributed by atoms with Crippen LogP contribution in [0, 0.1) is 0 Å². The number of carbonyl (C=O) groups is 2. The Kier molecular flexibility index (Phi) is 6.87.